The average molecular weight is 295 g/mol. The molecule has 0 aliphatic carbocycles. The maximum atomic E-state index is 13.0. The van der Waals surface area contributed by atoms with Crippen molar-refractivity contribution < 1.29 is 22.7 Å². The minimum Gasteiger partial charge on any atom is -0.435 e. The highest BCUT2D eigenvalue weighted by Crippen LogP contribution is 2.16. The van der Waals surface area contributed by atoms with Crippen LogP contribution in [0.5, 0.6) is 5.75 Å². The van der Waals surface area contributed by atoms with E-state index in [0.717, 1.165) is 0 Å². The number of amides is 1. The third-order valence-electron chi connectivity index (χ3n) is 2.62. The number of ether oxygens (including phenoxy) is 1. The van der Waals surface area contributed by atoms with Crippen LogP contribution in [0, 0.1) is 5.82 Å². The molecule has 0 aromatic heterocycles. The molecule has 0 spiro atoms. The Labute approximate surface area is 119 Å². The van der Waals surface area contributed by atoms with Gasteiger partial charge in [0, 0.05) is 5.69 Å². The Balaban J connectivity index is 1.93. The van der Waals surface area contributed by atoms with E-state index in [1.165, 1.54) is 42.5 Å². The summed E-state index contributed by atoms with van der Waals surface area (Å²) in [6.45, 7) is -2.88. The van der Waals surface area contributed by atoms with E-state index in [9.17, 15) is 18.0 Å². The molecule has 3 nitrogen and oxygen atoms in total. The summed E-state index contributed by atoms with van der Waals surface area (Å²) in [7, 11) is 0. The summed E-state index contributed by atoms with van der Waals surface area (Å²) >= 11 is 0. The molecule has 0 aliphatic rings. The third kappa shape index (κ3) is 4.83. The van der Waals surface area contributed by atoms with Crippen molar-refractivity contribution in [3.8, 4) is 5.75 Å². The second-order valence-electron chi connectivity index (χ2n) is 4.26. The normalized spacial score (nSPS) is 10.5. The number of nitrogens with one attached hydrogen (secondary N) is 1. The lowest BCUT2D eigenvalue weighted by molar-refractivity contribution is -0.115. The van der Waals surface area contributed by atoms with Gasteiger partial charge >= 0.3 is 6.61 Å². The highest BCUT2D eigenvalue weighted by atomic mass is 19.3. The summed E-state index contributed by atoms with van der Waals surface area (Å²) in [6, 6.07) is 11.3. The number of hydrogen-bond donors (Lipinski definition) is 1. The SMILES string of the molecule is O=C(Cc1ccc(OC(F)F)cc1)Nc1cccc(F)c1. The Morgan fingerprint density at radius 3 is 2.48 bits per heavy atom. The fourth-order valence-corrected chi connectivity index (χ4v) is 1.75. The van der Waals surface area contributed by atoms with Crippen molar-refractivity contribution >= 4 is 11.6 Å². The fourth-order valence-electron chi connectivity index (χ4n) is 1.75. The van der Waals surface area contributed by atoms with Gasteiger partial charge in [0.05, 0.1) is 6.42 Å². The number of hydrogen-bond acceptors (Lipinski definition) is 2. The highest BCUT2D eigenvalue weighted by molar-refractivity contribution is 5.92. The van der Waals surface area contributed by atoms with E-state index < -0.39 is 12.4 Å². The van der Waals surface area contributed by atoms with Crippen LogP contribution >= 0.6 is 0 Å². The van der Waals surface area contributed by atoms with E-state index in [1.807, 2.05) is 0 Å². The maximum Gasteiger partial charge on any atom is 0.387 e. The van der Waals surface area contributed by atoms with Gasteiger partial charge in [0.15, 0.2) is 0 Å². The van der Waals surface area contributed by atoms with Crippen molar-refractivity contribution in [3.63, 3.8) is 0 Å². The van der Waals surface area contributed by atoms with Crippen LogP contribution in [-0.4, -0.2) is 12.5 Å². The van der Waals surface area contributed by atoms with Crippen LogP contribution in [0.25, 0.3) is 0 Å². The van der Waals surface area contributed by atoms with E-state index in [0.29, 0.717) is 11.3 Å². The van der Waals surface area contributed by atoms with Gasteiger partial charge in [0.2, 0.25) is 5.91 Å². The molecule has 2 aromatic rings. The Kier molecular flexibility index (Phi) is 4.81. The van der Waals surface area contributed by atoms with E-state index >= 15 is 0 Å². The summed E-state index contributed by atoms with van der Waals surface area (Å²) in [6.07, 6.45) is 0.0471. The van der Waals surface area contributed by atoms with Crippen LogP contribution in [0.15, 0.2) is 48.5 Å². The van der Waals surface area contributed by atoms with Crippen molar-refractivity contribution in [1.29, 1.82) is 0 Å². The van der Waals surface area contributed by atoms with Gasteiger partial charge < -0.3 is 10.1 Å². The molecular weight excluding hydrogens is 283 g/mol. The first-order valence-electron chi connectivity index (χ1n) is 6.12. The van der Waals surface area contributed by atoms with Crippen molar-refractivity contribution in [1.82, 2.24) is 0 Å². The summed E-state index contributed by atoms with van der Waals surface area (Å²) in [4.78, 5) is 11.8. The minimum atomic E-state index is -2.88. The van der Waals surface area contributed by atoms with Crippen LogP contribution in [0.4, 0.5) is 18.9 Å². The molecule has 1 amide bonds. The molecule has 110 valence electrons. The van der Waals surface area contributed by atoms with Crippen LogP contribution < -0.4 is 10.1 Å². The topological polar surface area (TPSA) is 38.3 Å². The van der Waals surface area contributed by atoms with Crippen LogP contribution in [-0.2, 0) is 11.2 Å². The van der Waals surface area contributed by atoms with Crippen LogP contribution in [0.2, 0.25) is 0 Å². The second kappa shape index (κ2) is 6.78. The quantitative estimate of drug-likeness (QED) is 0.915. The number of rotatable bonds is 5. The number of benzene rings is 2. The molecule has 0 radical (unpaired) electrons. The van der Waals surface area contributed by atoms with Crippen molar-refractivity contribution in [2.75, 3.05) is 5.32 Å². The minimum absolute atomic E-state index is 0.0271. The summed E-state index contributed by atoms with van der Waals surface area (Å²) in [5.41, 5.74) is 0.989. The predicted molar refractivity (Wildman–Crippen MR) is 71.8 cm³/mol. The van der Waals surface area contributed by atoms with Crippen LogP contribution in [0.1, 0.15) is 5.56 Å². The van der Waals surface area contributed by atoms with Gasteiger partial charge in [0.1, 0.15) is 11.6 Å². The van der Waals surface area contributed by atoms with Crippen molar-refractivity contribution in [3.05, 3.63) is 59.9 Å². The number of anilines is 1. The van der Waals surface area contributed by atoms with Gasteiger partial charge in [0.25, 0.3) is 0 Å². The van der Waals surface area contributed by atoms with Gasteiger partial charge in [-0.15, -0.1) is 0 Å². The molecule has 0 fully saturated rings. The molecule has 21 heavy (non-hydrogen) atoms. The molecule has 2 rings (SSSR count). The Hall–Kier alpha value is -2.50. The van der Waals surface area contributed by atoms with E-state index in [-0.39, 0.29) is 18.1 Å². The molecule has 2 aromatic carbocycles. The Morgan fingerprint density at radius 2 is 1.86 bits per heavy atom. The zero-order valence-electron chi connectivity index (χ0n) is 10.9. The zero-order chi connectivity index (χ0) is 15.2. The number of halogens is 3. The summed E-state index contributed by atoms with van der Waals surface area (Å²) in [5.74, 6) is -0.747. The zero-order valence-corrected chi connectivity index (χ0v) is 10.9. The van der Waals surface area contributed by atoms with Crippen LogP contribution in [0.3, 0.4) is 0 Å². The molecule has 6 heteroatoms. The largest absolute Gasteiger partial charge is 0.435 e. The van der Waals surface area contributed by atoms with E-state index in [2.05, 4.69) is 10.1 Å². The van der Waals surface area contributed by atoms with E-state index in [4.69, 9.17) is 0 Å². The summed E-state index contributed by atoms with van der Waals surface area (Å²) in [5, 5.41) is 2.55. The van der Waals surface area contributed by atoms with E-state index in [1.54, 1.807) is 6.07 Å². The highest BCUT2D eigenvalue weighted by Gasteiger charge is 2.07. The predicted octanol–water partition coefficient (Wildman–Crippen LogP) is 3.61. The summed E-state index contributed by atoms with van der Waals surface area (Å²) < 4.78 is 41.2. The van der Waals surface area contributed by atoms with Gasteiger partial charge in [-0.3, -0.25) is 4.79 Å². The molecular formula is C15H12F3NO2. The van der Waals surface area contributed by atoms with Crippen molar-refractivity contribution in [2.24, 2.45) is 0 Å². The molecule has 0 bridgehead atoms. The lowest BCUT2D eigenvalue weighted by Crippen LogP contribution is -2.14. The number of alkyl halides is 2. The Morgan fingerprint density at radius 1 is 1.14 bits per heavy atom. The number of carbonyl (C=O) groups is 1. The first-order valence-corrected chi connectivity index (χ1v) is 6.12. The monoisotopic (exact) mass is 295 g/mol. The molecule has 0 atom stereocenters. The first-order chi connectivity index (χ1) is 10.0. The average Bonchev–Trinajstić information content (AvgIpc) is 2.40. The molecule has 1 N–H and O–H groups in total. The maximum absolute atomic E-state index is 13.0. The Bertz CT molecular complexity index is 615. The molecule has 0 saturated heterocycles. The second-order valence-corrected chi connectivity index (χ2v) is 4.26. The standard InChI is InChI=1S/C15H12F3NO2/c16-11-2-1-3-12(9-11)19-14(20)8-10-4-6-13(7-5-10)21-15(17)18/h1-7,9,15H,8H2,(H,19,20). The smallest absolute Gasteiger partial charge is 0.387 e. The molecule has 0 aliphatic heterocycles. The molecule has 0 unspecified atom stereocenters. The van der Waals surface area contributed by atoms with Gasteiger partial charge in [-0.1, -0.05) is 18.2 Å². The van der Waals surface area contributed by atoms with Gasteiger partial charge in [-0.2, -0.15) is 8.78 Å². The lowest BCUT2D eigenvalue weighted by atomic mass is 10.1. The van der Waals surface area contributed by atoms with Gasteiger partial charge in [-0.05, 0) is 35.9 Å². The lowest BCUT2D eigenvalue weighted by Gasteiger charge is -2.07. The molecule has 0 heterocycles. The number of carbonyl (C=O) groups excluding carboxylic acids is 1. The molecule has 0 saturated carbocycles. The third-order valence-corrected chi connectivity index (χ3v) is 2.62. The van der Waals surface area contributed by atoms with Crippen molar-refractivity contribution in [2.45, 2.75) is 13.0 Å². The fraction of sp³-hybridized carbons (Fsp3) is 0.133. The first kappa shape index (κ1) is 14.9. The van der Waals surface area contributed by atoms with Gasteiger partial charge in [-0.25, -0.2) is 4.39 Å².